The first kappa shape index (κ1) is 14.0. The van der Waals surface area contributed by atoms with Gasteiger partial charge in [0.05, 0.1) is 0 Å². The molecule has 0 aromatic heterocycles. The van der Waals surface area contributed by atoms with E-state index in [1.54, 1.807) is 12.1 Å². The fraction of sp³-hybridized carbons (Fsp3) is 0.200. The number of hydrogen-bond donors (Lipinski definition) is 1. The van der Waals surface area contributed by atoms with Crippen molar-refractivity contribution in [3.8, 4) is 5.75 Å². The van der Waals surface area contributed by atoms with E-state index >= 15 is 0 Å². The van der Waals surface area contributed by atoms with Crippen molar-refractivity contribution in [2.24, 2.45) is 5.73 Å². The molecule has 0 amide bonds. The lowest BCUT2D eigenvalue weighted by atomic mass is 9.93. The summed E-state index contributed by atoms with van der Waals surface area (Å²) < 4.78 is 21.7. The van der Waals surface area contributed by atoms with E-state index in [9.17, 15) is 4.39 Å². The van der Waals surface area contributed by atoms with Gasteiger partial charge in [-0.1, -0.05) is 31.9 Å². The van der Waals surface area contributed by atoms with Crippen LogP contribution in [0.3, 0.4) is 0 Å². The van der Waals surface area contributed by atoms with Gasteiger partial charge in [-0.05, 0) is 36.4 Å². The minimum absolute atomic E-state index is 0.167. The van der Waals surface area contributed by atoms with Gasteiger partial charge in [-0.15, -0.1) is 0 Å². The third-order valence-electron chi connectivity index (χ3n) is 3.41. The summed E-state index contributed by atoms with van der Waals surface area (Å²) in [5.41, 5.74) is 7.68. The quantitative estimate of drug-likeness (QED) is 0.740. The zero-order valence-corrected chi connectivity index (χ0v) is 13.6. The first-order valence-electron chi connectivity index (χ1n) is 6.21. The monoisotopic (exact) mass is 399 g/mol. The normalized spacial score (nSPS) is 21.2. The van der Waals surface area contributed by atoms with Crippen LogP contribution in [0, 0.1) is 5.82 Å². The van der Waals surface area contributed by atoms with Crippen molar-refractivity contribution in [1.82, 2.24) is 0 Å². The van der Waals surface area contributed by atoms with Gasteiger partial charge < -0.3 is 10.5 Å². The van der Waals surface area contributed by atoms with Gasteiger partial charge in [0, 0.05) is 32.5 Å². The maximum atomic E-state index is 14.0. The molecule has 5 heteroatoms. The van der Waals surface area contributed by atoms with Gasteiger partial charge >= 0.3 is 0 Å². The van der Waals surface area contributed by atoms with Gasteiger partial charge in [0.2, 0.25) is 0 Å². The Labute approximate surface area is 133 Å². The van der Waals surface area contributed by atoms with Crippen LogP contribution < -0.4 is 10.5 Å². The van der Waals surface area contributed by atoms with Crippen molar-refractivity contribution in [2.75, 3.05) is 0 Å². The Hall–Kier alpha value is -0.910. The van der Waals surface area contributed by atoms with Gasteiger partial charge in [0.1, 0.15) is 17.7 Å². The van der Waals surface area contributed by atoms with E-state index in [-0.39, 0.29) is 18.0 Å². The van der Waals surface area contributed by atoms with Crippen molar-refractivity contribution < 1.29 is 9.13 Å². The molecule has 0 aliphatic carbocycles. The maximum Gasteiger partial charge on any atom is 0.130 e. The molecule has 0 spiro atoms. The Balaban J connectivity index is 1.99. The summed E-state index contributed by atoms with van der Waals surface area (Å²) in [6.07, 6.45) is 0.188. The molecule has 2 aromatic rings. The summed E-state index contributed by atoms with van der Waals surface area (Å²) in [5.74, 6) is 0.447. The number of nitrogens with two attached hydrogens (primary N) is 1. The highest BCUT2D eigenvalue weighted by molar-refractivity contribution is 9.10. The van der Waals surface area contributed by atoms with Gasteiger partial charge in [-0.3, -0.25) is 0 Å². The van der Waals surface area contributed by atoms with E-state index in [1.165, 1.54) is 6.07 Å². The van der Waals surface area contributed by atoms with Crippen molar-refractivity contribution in [3.63, 3.8) is 0 Å². The average Bonchev–Trinajstić information content (AvgIpc) is 2.42. The lowest BCUT2D eigenvalue weighted by molar-refractivity contribution is 0.157. The molecule has 0 radical (unpaired) electrons. The van der Waals surface area contributed by atoms with Crippen LogP contribution in [0.2, 0.25) is 0 Å². The zero-order chi connectivity index (χ0) is 14.3. The van der Waals surface area contributed by atoms with Crippen LogP contribution >= 0.6 is 31.9 Å². The summed E-state index contributed by atoms with van der Waals surface area (Å²) in [7, 11) is 0. The largest absolute Gasteiger partial charge is 0.485 e. The molecule has 2 N–H and O–H groups in total. The van der Waals surface area contributed by atoms with Crippen molar-refractivity contribution in [2.45, 2.75) is 18.6 Å². The van der Waals surface area contributed by atoms with Crippen LogP contribution in [0.25, 0.3) is 0 Å². The fourth-order valence-electron chi connectivity index (χ4n) is 2.43. The van der Waals surface area contributed by atoms with E-state index in [2.05, 4.69) is 31.9 Å². The molecule has 0 fully saturated rings. The first-order valence-corrected chi connectivity index (χ1v) is 7.80. The Morgan fingerprint density at radius 1 is 1.05 bits per heavy atom. The van der Waals surface area contributed by atoms with Crippen LogP contribution in [0.1, 0.15) is 29.7 Å². The predicted molar refractivity (Wildman–Crippen MR) is 83.2 cm³/mol. The molecular weight excluding hydrogens is 389 g/mol. The Morgan fingerprint density at radius 3 is 2.45 bits per heavy atom. The molecular formula is C15H12Br2FNO. The van der Waals surface area contributed by atoms with E-state index < -0.39 is 0 Å². The summed E-state index contributed by atoms with van der Waals surface area (Å²) >= 11 is 6.78. The summed E-state index contributed by atoms with van der Waals surface area (Å²) in [6, 6.07) is 10.4. The van der Waals surface area contributed by atoms with Crippen LogP contribution in [0.4, 0.5) is 4.39 Å². The number of ether oxygens (including phenoxy) is 1. The van der Waals surface area contributed by atoms with Crippen LogP contribution in [0.15, 0.2) is 45.3 Å². The molecule has 20 heavy (non-hydrogen) atoms. The lowest BCUT2D eigenvalue weighted by Crippen LogP contribution is -2.24. The molecule has 3 rings (SSSR count). The minimum atomic E-state index is -0.365. The van der Waals surface area contributed by atoms with Gasteiger partial charge in [0.15, 0.2) is 0 Å². The molecule has 0 saturated carbocycles. The minimum Gasteiger partial charge on any atom is -0.485 e. The highest BCUT2D eigenvalue weighted by atomic mass is 79.9. The number of benzene rings is 2. The number of halogens is 3. The molecule has 1 aliphatic rings. The standard InChI is InChI=1S/C15H12Br2FNO/c16-8-1-3-12(18)10(5-8)15-7-13(19)11-6-9(17)2-4-14(11)20-15/h1-6,13,15H,7,19H2/t13-,15?/m0/s1. The molecule has 2 atom stereocenters. The second kappa shape index (κ2) is 5.47. The SMILES string of the molecule is N[C@H]1CC(c2cc(Br)ccc2F)Oc2ccc(Br)cc21. The molecule has 2 aromatic carbocycles. The molecule has 0 saturated heterocycles. The Kier molecular flexibility index (Phi) is 3.84. The first-order chi connectivity index (χ1) is 9.54. The van der Waals surface area contributed by atoms with E-state index in [4.69, 9.17) is 10.5 Å². The second-order valence-corrected chi connectivity index (χ2v) is 6.63. The number of fused-ring (bicyclic) bond motifs is 1. The Morgan fingerprint density at radius 2 is 1.70 bits per heavy atom. The molecule has 1 unspecified atom stereocenters. The highest BCUT2D eigenvalue weighted by Gasteiger charge is 2.29. The molecule has 2 nitrogen and oxygen atoms in total. The smallest absolute Gasteiger partial charge is 0.130 e. The average molecular weight is 401 g/mol. The van der Waals surface area contributed by atoms with Crippen molar-refractivity contribution >= 4 is 31.9 Å². The van der Waals surface area contributed by atoms with Crippen LogP contribution in [0.5, 0.6) is 5.75 Å². The van der Waals surface area contributed by atoms with Crippen LogP contribution in [-0.2, 0) is 0 Å². The summed E-state index contributed by atoms with van der Waals surface area (Å²) in [4.78, 5) is 0. The zero-order valence-electron chi connectivity index (χ0n) is 10.4. The summed E-state index contributed by atoms with van der Waals surface area (Å²) in [6.45, 7) is 0. The van der Waals surface area contributed by atoms with Gasteiger partial charge in [-0.25, -0.2) is 4.39 Å². The van der Waals surface area contributed by atoms with Crippen molar-refractivity contribution in [1.29, 1.82) is 0 Å². The number of rotatable bonds is 1. The molecule has 1 heterocycles. The van der Waals surface area contributed by atoms with Crippen molar-refractivity contribution in [3.05, 3.63) is 62.3 Å². The lowest BCUT2D eigenvalue weighted by Gasteiger charge is -2.31. The highest BCUT2D eigenvalue weighted by Crippen LogP contribution is 2.41. The maximum absolute atomic E-state index is 14.0. The Bertz CT molecular complexity index is 662. The van der Waals surface area contributed by atoms with Crippen LogP contribution in [-0.4, -0.2) is 0 Å². The van der Waals surface area contributed by atoms with E-state index in [1.807, 2.05) is 18.2 Å². The topological polar surface area (TPSA) is 35.2 Å². The fourth-order valence-corrected chi connectivity index (χ4v) is 3.18. The third kappa shape index (κ3) is 2.62. The summed E-state index contributed by atoms with van der Waals surface area (Å²) in [5, 5.41) is 0. The molecule has 1 aliphatic heterocycles. The van der Waals surface area contributed by atoms with E-state index in [0.717, 1.165) is 20.3 Å². The van der Waals surface area contributed by atoms with Gasteiger partial charge in [-0.2, -0.15) is 0 Å². The second-order valence-electron chi connectivity index (χ2n) is 4.80. The van der Waals surface area contributed by atoms with E-state index in [0.29, 0.717) is 12.0 Å². The molecule has 0 bridgehead atoms. The van der Waals surface area contributed by atoms with Gasteiger partial charge in [0.25, 0.3) is 0 Å². The predicted octanol–water partition coefficient (Wildman–Crippen LogP) is 4.87. The molecule has 104 valence electrons. The number of hydrogen-bond acceptors (Lipinski definition) is 2. The third-order valence-corrected chi connectivity index (χ3v) is 4.40.